The first kappa shape index (κ1) is 13.1. The standard InChI is InChI=1S/C15H16N2O2/c1-12(14-9-5-6-10-16-14)17-15(18)19-11-13-7-3-2-4-8-13/h2-10,12H,11H2,1H3,(H,17,18)/t12-/m0/s1. The van der Waals surface area contributed by atoms with Gasteiger partial charge in [0.2, 0.25) is 0 Å². The highest BCUT2D eigenvalue weighted by Crippen LogP contribution is 2.08. The van der Waals surface area contributed by atoms with E-state index in [4.69, 9.17) is 4.74 Å². The summed E-state index contributed by atoms with van der Waals surface area (Å²) in [6, 6.07) is 15.0. The Bertz CT molecular complexity index is 514. The van der Waals surface area contributed by atoms with Crippen molar-refractivity contribution in [3.05, 3.63) is 66.0 Å². The summed E-state index contributed by atoms with van der Waals surface area (Å²) in [6.45, 7) is 2.13. The van der Waals surface area contributed by atoms with Crippen LogP contribution in [0.4, 0.5) is 4.79 Å². The molecule has 2 rings (SSSR count). The van der Waals surface area contributed by atoms with Crippen LogP contribution in [0.2, 0.25) is 0 Å². The lowest BCUT2D eigenvalue weighted by Gasteiger charge is -2.13. The first-order chi connectivity index (χ1) is 9.25. The second kappa shape index (κ2) is 6.54. The maximum atomic E-state index is 11.6. The second-order valence-electron chi connectivity index (χ2n) is 4.18. The minimum absolute atomic E-state index is 0.176. The van der Waals surface area contributed by atoms with Crippen LogP contribution < -0.4 is 5.32 Å². The smallest absolute Gasteiger partial charge is 0.407 e. The molecule has 0 unspecified atom stereocenters. The number of amides is 1. The number of hydrogen-bond acceptors (Lipinski definition) is 3. The summed E-state index contributed by atoms with van der Waals surface area (Å²) < 4.78 is 5.14. The lowest BCUT2D eigenvalue weighted by Crippen LogP contribution is -2.27. The molecule has 19 heavy (non-hydrogen) atoms. The van der Waals surface area contributed by atoms with E-state index in [0.29, 0.717) is 0 Å². The summed E-state index contributed by atoms with van der Waals surface area (Å²) in [5.74, 6) is 0. The zero-order chi connectivity index (χ0) is 13.5. The fraction of sp³-hybridized carbons (Fsp3) is 0.200. The molecule has 0 spiro atoms. The van der Waals surface area contributed by atoms with Gasteiger partial charge in [-0.05, 0) is 24.6 Å². The molecule has 0 aliphatic carbocycles. The summed E-state index contributed by atoms with van der Waals surface area (Å²) in [4.78, 5) is 15.8. The van der Waals surface area contributed by atoms with Crippen molar-refractivity contribution in [3.8, 4) is 0 Å². The second-order valence-corrected chi connectivity index (χ2v) is 4.18. The summed E-state index contributed by atoms with van der Waals surface area (Å²) in [5.41, 5.74) is 1.77. The first-order valence-electron chi connectivity index (χ1n) is 6.14. The van der Waals surface area contributed by atoms with Crippen LogP contribution in [-0.4, -0.2) is 11.1 Å². The van der Waals surface area contributed by atoms with Crippen LogP contribution in [0.5, 0.6) is 0 Å². The quantitative estimate of drug-likeness (QED) is 0.914. The molecule has 4 heteroatoms. The number of pyridine rings is 1. The van der Waals surface area contributed by atoms with Gasteiger partial charge in [-0.3, -0.25) is 4.98 Å². The monoisotopic (exact) mass is 256 g/mol. The van der Waals surface area contributed by atoms with Gasteiger partial charge in [-0.25, -0.2) is 4.79 Å². The normalized spacial score (nSPS) is 11.6. The van der Waals surface area contributed by atoms with Gasteiger partial charge in [0.1, 0.15) is 6.61 Å². The lowest BCUT2D eigenvalue weighted by molar-refractivity contribution is 0.136. The molecule has 1 atom stereocenters. The average Bonchev–Trinajstić information content (AvgIpc) is 2.47. The molecule has 0 aliphatic rings. The molecule has 0 saturated heterocycles. The molecule has 1 N–H and O–H groups in total. The van der Waals surface area contributed by atoms with E-state index in [2.05, 4.69) is 10.3 Å². The maximum absolute atomic E-state index is 11.6. The zero-order valence-electron chi connectivity index (χ0n) is 10.7. The van der Waals surface area contributed by atoms with Gasteiger partial charge < -0.3 is 10.1 Å². The number of hydrogen-bond donors (Lipinski definition) is 1. The van der Waals surface area contributed by atoms with Crippen molar-refractivity contribution in [3.63, 3.8) is 0 Å². The number of benzene rings is 1. The number of aromatic nitrogens is 1. The van der Waals surface area contributed by atoms with E-state index < -0.39 is 6.09 Å². The number of nitrogens with zero attached hydrogens (tertiary/aromatic N) is 1. The molecule has 1 amide bonds. The maximum Gasteiger partial charge on any atom is 0.407 e. The topological polar surface area (TPSA) is 51.2 Å². The van der Waals surface area contributed by atoms with Crippen LogP contribution in [-0.2, 0) is 11.3 Å². The highest BCUT2D eigenvalue weighted by Gasteiger charge is 2.10. The number of nitrogens with one attached hydrogen (secondary N) is 1. The van der Waals surface area contributed by atoms with Crippen molar-refractivity contribution in [2.24, 2.45) is 0 Å². The number of alkyl carbamates (subject to hydrolysis) is 1. The van der Waals surface area contributed by atoms with E-state index in [1.165, 1.54) is 0 Å². The molecular weight excluding hydrogens is 240 g/mol. The Hall–Kier alpha value is -2.36. The summed E-state index contributed by atoms with van der Waals surface area (Å²) in [5, 5.41) is 2.74. The Balaban J connectivity index is 1.82. The van der Waals surface area contributed by atoms with Crippen molar-refractivity contribution in [1.29, 1.82) is 0 Å². The number of carbonyl (C=O) groups is 1. The predicted molar refractivity (Wildman–Crippen MR) is 72.4 cm³/mol. The summed E-state index contributed by atoms with van der Waals surface area (Å²) >= 11 is 0. The third-order valence-electron chi connectivity index (χ3n) is 2.68. The fourth-order valence-corrected chi connectivity index (χ4v) is 1.65. The minimum Gasteiger partial charge on any atom is -0.445 e. The van der Waals surface area contributed by atoms with Crippen LogP contribution in [0.1, 0.15) is 24.2 Å². The third-order valence-corrected chi connectivity index (χ3v) is 2.68. The van der Waals surface area contributed by atoms with Gasteiger partial charge in [-0.15, -0.1) is 0 Å². The lowest BCUT2D eigenvalue weighted by atomic mass is 10.2. The highest BCUT2D eigenvalue weighted by atomic mass is 16.5. The molecule has 0 bridgehead atoms. The SMILES string of the molecule is C[C@H](NC(=O)OCc1ccccc1)c1ccccn1. The average molecular weight is 256 g/mol. The molecule has 0 aliphatic heterocycles. The van der Waals surface area contributed by atoms with Crippen molar-refractivity contribution in [2.45, 2.75) is 19.6 Å². The Labute approximate surface area is 112 Å². The van der Waals surface area contributed by atoms with E-state index in [0.717, 1.165) is 11.3 Å². The van der Waals surface area contributed by atoms with E-state index in [9.17, 15) is 4.79 Å². The van der Waals surface area contributed by atoms with Crippen molar-refractivity contribution in [1.82, 2.24) is 10.3 Å². The van der Waals surface area contributed by atoms with Crippen molar-refractivity contribution >= 4 is 6.09 Å². The largest absolute Gasteiger partial charge is 0.445 e. The molecule has 0 saturated carbocycles. The van der Waals surface area contributed by atoms with Crippen LogP contribution in [0.25, 0.3) is 0 Å². The van der Waals surface area contributed by atoms with E-state index in [-0.39, 0.29) is 12.6 Å². The Kier molecular flexibility index (Phi) is 4.50. The minimum atomic E-state index is -0.443. The number of ether oxygens (including phenoxy) is 1. The zero-order valence-corrected chi connectivity index (χ0v) is 10.7. The van der Waals surface area contributed by atoms with Gasteiger partial charge in [0.05, 0.1) is 11.7 Å². The molecule has 0 fully saturated rings. The van der Waals surface area contributed by atoms with E-state index in [1.54, 1.807) is 6.20 Å². The molecule has 4 nitrogen and oxygen atoms in total. The molecule has 1 aromatic heterocycles. The first-order valence-corrected chi connectivity index (χ1v) is 6.14. The van der Waals surface area contributed by atoms with Crippen LogP contribution in [0, 0.1) is 0 Å². The van der Waals surface area contributed by atoms with Crippen LogP contribution >= 0.6 is 0 Å². The van der Waals surface area contributed by atoms with Gasteiger partial charge in [-0.1, -0.05) is 36.4 Å². The molecule has 1 aromatic carbocycles. The Morgan fingerprint density at radius 3 is 2.63 bits per heavy atom. The Morgan fingerprint density at radius 1 is 1.21 bits per heavy atom. The summed E-state index contributed by atoms with van der Waals surface area (Å²) in [7, 11) is 0. The Morgan fingerprint density at radius 2 is 1.95 bits per heavy atom. The number of rotatable bonds is 4. The number of carbonyl (C=O) groups excluding carboxylic acids is 1. The van der Waals surface area contributed by atoms with Gasteiger partial charge >= 0.3 is 6.09 Å². The third kappa shape index (κ3) is 4.10. The van der Waals surface area contributed by atoms with Gasteiger partial charge in [0.15, 0.2) is 0 Å². The fourth-order valence-electron chi connectivity index (χ4n) is 1.65. The van der Waals surface area contributed by atoms with E-state index in [1.807, 2.05) is 55.5 Å². The van der Waals surface area contributed by atoms with Crippen LogP contribution in [0.15, 0.2) is 54.7 Å². The molecule has 98 valence electrons. The molecular formula is C15H16N2O2. The van der Waals surface area contributed by atoms with Crippen molar-refractivity contribution < 1.29 is 9.53 Å². The molecule has 0 radical (unpaired) electrons. The van der Waals surface area contributed by atoms with E-state index >= 15 is 0 Å². The predicted octanol–water partition coefficient (Wildman–Crippen LogP) is 3.07. The summed E-state index contributed by atoms with van der Waals surface area (Å²) in [6.07, 6.45) is 1.25. The highest BCUT2D eigenvalue weighted by molar-refractivity contribution is 5.67. The molecule has 1 heterocycles. The van der Waals surface area contributed by atoms with Crippen molar-refractivity contribution in [2.75, 3.05) is 0 Å². The van der Waals surface area contributed by atoms with Gasteiger partial charge in [0.25, 0.3) is 0 Å². The van der Waals surface area contributed by atoms with Gasteiger partial charge in [-0.2, -0.15) is 0 Å². The van der Waals surface area contributed by atoms with Gasteiger partial charge in [0, 0.05) is 6.20 Å². The molecule has 2 aromatic rings. The van der Waals surface area contributed by atoms with Crippen LogP contribution in [0.3, 0.4) is 0 Å².